The highest BCUT2D eigenvalue weighted by Gasteiger charge is 2.08. The predicted octanol–water partition coefficient (Wildman–Crippen LogP) is 2.69. The fraction of sp³-hybridized carbons (Fsp3) is 0.786. The van der Waals surface area contributed by atoms with Crippen molar-refractivity contribution in [2.75, 3.05) is 12.3 Å². The lowest BCUT2D eigenvalue weighted by Gasteiger charge is -2.05. The molecule has 0 aromatic heterocycles. The van der Waals surface area contributed by atoms with Crippen molar-refractivity contribution in [3.63, 3.8) is 0 Å². The van der Waals surface area contributed by atoms with Crippen LogP contribution in [0.5, 0.6) is 0 Å². The van der Waals surface area contributed by atoms with Gasteiger partial charge in [-0.15, -0.1) is 0 Å². The van der Waals surface area contributed by atoms with Crippen LogP contribution in [0.25, 0.3) is 0 Å². The maximum Gasteiger partial charge on any atom is 0.330 e. The minimum Gasteiger partial charge on any atom is -0.478 e. The topological polar surface area (TPSA) is 83.5 Å². The Hall–Kier alpha value is -0.880. The van der Waals surface area contributed by atoms with E-state index in [0.29, 0.717) is 12.8 Å². The molecule has 0 saturated heterocycles. The second kappa shape index (κ2) is 10.9. The zero-order valence-electron chi connectivity index (χ0n) is 12.5. The van der Waals surface area contributed by atoms with E-state index in [9.17, 15) is 13.2 Å². The molecule has 6 heteroatoms. The molecule has 118 valence electrons. The molecule has 0 bridgehead atoms. The number of carboxylic acids is 1. The molecule has 0 heterocycles. The Morgan fingerprint density at radius 1 is 1.15 bits per heavy atom. The molecule has 0 atom stereocenters. The summed E-state index contributed by atoms with van der Waals surface area (Å²) in [6.45, 7) is 3.89. The summed E-state index contributed by atoms with van der Waals surface area (Å²) in [7, 11) is -3.22. The standard InChI is InChI=1S/C14H27NO4S/c1-3-4-5-6-7-8-12-20(18,19)15-11-9-10-13(2)14(16)17/h10,15H,3-9,11-12H2,1-2H3,(H,16,17). The van der Waals surface area contributed by atoms with Gasteiger partial charge in [-0.2, -0.15) is 0 Å². The van der Waals surface area contributed by atoms with E-state index in [2.05, 4.69) is 11.6 Å². The monoisotopic (exact) mass is 305 g/mol. The lowest BCUT2D eigenvalue weighted by Crippen LogP contribution is -2.27. The molecule has 20 heavy (non-hydrogen) atoms. The number of sulfonamides is 1. The van der Waals surface area contributed by atoms with E-state index >= 15 is 0 Å². The van der Waals surface area contributed by atoms with Crippen molar-refractivity contribution >= 4 is 16.0 Å². The van der Waals surface area contributed by atoms with Gasteiger partial charge >= 0.3 is 5.97 Å². The van der Waals surface area contributed by atoms with Crippen LogP contribution in [0.4, 0.5) is 0 Å². The lowest BCUT2D eigenvalue weighted by molar-refractivity contribution is -0.132. The molecule has 0 aliphatic heterocycles. The van der Waals surface area contributed by atoms with Gasteiger partial charge in [0.1, 0.15) is 0 Å². The summed E-state index contributed by atoms with van der Waals surface area (Å²) in [6, 6.07) is 0. The molecular weight excluding hydrogens is 278 g/mol. The number of aliphatic carboxylic acids is 1. The smallest absolute Gasteiger partial charge is 0.330 e. The minimum atomic E-state index is -3.22. The first-order valence-electron chi connectivity index (χ1n) is 7.26. The zero-order chi connectivity index (χ0) is 15.4. The largest absolute Gasteiger partial charge is 0.478 e. The summed E-state index contributed by atoms with van der Waals surface area (Å²) in [5.41, 5.74) is 0.236. The number of unbranched alkanes of at least 4 members (excludes halogenated alkanes) is 5. The number of hydrogen-bond donors (Lipinski definition) is 2. The van der Waals surface area contributed by atoms with Gasteiger partial charge in [0.25, 0.3) is 0 Å². The van der Waals surface area contributed by atoms with Crippen molar-refractivity contribution < 1.29 is 18.3 Å². The molecule has 0 saturated carbocycles. The van der Waals surface area contributed by atoms with Gasteiger partial charge in [0.15, 0.2) is 0 Å². The van der Waals surface area contributed by atoms with Gasteiger partial charge in [-0.25, -0.2) is 17.9 Å². The van der Waals surface area contributed by atoms with Gasteiger partial charge in [-0.1, -0.05) is 45.1 Å². The van der Waals surface area contributed by atoms with Crippen molar-refractivity contribution in [3.05, 3.63) is 11.6 Å². The van der Waals surface area contributed by atoms with Crippen LogP contribution < -0.4 is 4.72 Å². The third kappa shape index (κ3) is 11.0. The Morgan fingerprint density at radius 2 is 1.75 bits per heavy atom. The summed E-state index contributed by atoms with van der Waals surface area (Å²) in [6.07, 6.45) is 8.20. The van der Waals surface area contributed by atoms with Crippen LogP contribution in [0.1, 0.15) is 58.8 Å². The Labute approximate surface area is 122 Å². The molecule has 0 aliphatic carbocycles. The molecule has 0 radical (unpaired) electrons. The normalized spacial score (nSPS) is 12.6. The third-order valence-corrected chi connectivity index (χ3v) is 4.49. The molecule has 0 unspecified atom stereocenters. The highest BCUT2D eigenvalue weighted by Crippen LogP contribution is 2.06. The van der Waals surface area contributed by atoms with Gasteiger partial charge in [0.2, 0.25) is 10.0 Å². The Kier molecular flexibility index (Phi) is 10.4. The van der Waals surface area contributed by atoms with Gasteiger partial charge in [-0.05, 0) is 19.8 Å². The van der Waals surface area contributed by atoms with E-state index in [1.54, 1.807) is 0 Å². The summed E-state index contributed by atoms with van der Waals surface area (Å²) in [5, 5.41) is 8.64. The van der Waals surface area contributed by atoms with Crippen LogP contribution in [-0.2, 0) is 14.8 Å². The zero-order valence-corrected chi connectivity index (χ0v) is 13.3. The summed E-state index contributed by atoms with van der Waals surface area (Å²) in [5.74, 6) is -0.819. The van der Waals surface area contributed by atoms with E-state index in [1.165, 1.54) is 32.3 Å². The fourth-order valence-corrected chi connectivity index (χ4v) is 2.89. The van der Waals surface area contributed by atoms with Crippen molar-refractivity contribution in [1.82, 2.24) is 4.72 Å². The van der Waals surface area contributed by atoms with E-state index in [-0.39, 0.29) is 17.9 Å². The Bertz CT molecular complexity index is 401. The molecule has 0 aromatic carbocycles. The molecule has 2 N–H and O–H groups in total. The number of carboxylic acid groups (broad SMARTS) is 1. The maximum atomic E-state index is 11.6. The highest BCUT2D eigenvalue weighted by atomic mass is 32.2. The Morgan fingerprint density at radius 3 is 2.35 bits per heavy atom. The number of nitrogens with one attached hydrogen (secondary N) is 1. The first-order valence-corrected chi connectivity index (χ1v) is 8.91. The molecule has 0 rings (SSSR count). The van der Waals surface area contributed by atoms with Crippen LogP contribution in [0.2, 0.25) is 0 Å². The van der Waals surface area contributed by atoms with Crippen molar-refractivity contribution in [2.45, 2.75) is 58.8 Å². The Balaban J connectivity index is 3.75. The average Bonchev–Trinajstić information content (AvgIpc) is 2.38. The van der Waals surface area contributed by atoms with Crippen LogP contribution in [0, 0.1) is 0 Å². The van der Waals surface area contributed by atoms with E-state index in [1.807, 2.05) is 0 Å². The van der Waals surface area contributed by atoms with Crippen LogP contribution in [0.3, 0.4) is 0 Å². The SMILES string of the molecule is CCCCCCCCS(=O)(=O)NCCC=C(C)C(=O)O. The van der Waals surface area contributed by atoms with E-state index in [0.717, 1.165) is 12.8 Å². The first-order chi connectivity index (χ1) is 9.39. The molecule has 0 aliphatic rings. The van der Waals surface area contributed by atoms with Crippen molar-refractivity contribution in [1.29, 1.82) is 0 Å². The predicted molar refractivity (Wildman–Crippen MR) is 81.2 cm³/mol. The average molecular weight is 305 g/mol. The van der Waals surface area contributed by atoms with Gasteiger partial charge in [0, 0.05) is 12.1 Å². The molecule has 0 aromatic rings. The minimum absolute atomic E-state index is 0.154. The first kappa shape index (κ1) is 19.1. The van der Waals surface area contributed by atoms with E-state index < -0.39 is 16.0 Å². The third-order valence-electron chi connectivity index (χ3n) is 3.02. The van der Waals surface area contributed by atoms with Gasteiger partial charge in [0.05, 0.1) is 5.75 Å². The van der Waals surface area contributed by atoms with Crippen molar-refractivity contribution in [2.24, 2.45) is 0 Å². The van der Waals surface area contributed by atoms with Crippen LogP contribution in [0.15, 0.2) is 11.6 Å². The fourth-order valence-electron chi connectivity index (χ4n) is 1.73. The van der Waals surface area contributed by atoms with Crippen molar-refractivity contribution in [3.8, 4) is 0 Å². The number of carbonyl (C=O) groups is 1. The molecular formula is C14H27NO4S. The molecule has 5 nitrogen and oxygen atoms in total. The van der Waals surface area contributed by atoms with E-state index in [4.69, 9.17) is 5.11 Å². The second-order valence-electron chi connectivity index (χ2n) is 4.96. The summed E-state index contributed by atoms with van der Waals surface area (Å²) < 4.78 is 25.8. The van der Waals surface area contributed by atoms with Crippen LogP contribution >= 0.6 is 0 Å². The lowest BCUT2D eigenvalue weighted by atomic mass is 10.1. The summed E-state index contributed by atoms with van der Waals surface area (Å²) >= 11 is 0. The highest BCUT2D eigenvalue weighted by molar-refractivity contribution is 7.89. The second-order valence-corrected chi connectivity index (χ2v) is 6.89. The number of rotatable bonds is 12. The molecule has 0 spiro atoms. The van der Waals surface area contributed by atoms with Crippen LogP contribution in [-0.4, -0.2) is 31.8 Å². The molecule has 0 amide bonds. The maximum absolute atomic E-state index is 11.6. The molecule has 0 fully saturated rings. The number of hydrogen-bond acceptors (Lipinski definition) is 3. The quantitative estimate of drug-likeness (QED) is 0.429. The van der Waals surface area contributed by atoms with Gasteiger partial charge < -0.3 is 5.11 Å². The van der Waals surface area contributed by atoms with Gasteiger partial charge in [-0.3, -0.25) is 0 Å². The summed E-state index contributed by atoms with van der Waals surface area (Å²) in [4.78, 5) is 10.5.